The van der Waals surface area contributed by atoms with Gasteiger partial charge in [0.05, 0.1) is 6.61 Å². The van der Waals surface area contributed by atoms with Crippen LogP contribution in [0.2, 0.25) is 0 Å². The second-order valence-electron chi connectivity index (χ2n) is 6.76. The molecule has 0 radical (unpaired) electrons. The van der Waals surface area contributed by atoms with Crippen molar-refractivity contribution in [2.45, 2.75) is 51.1 Å². The molecule has 2 aromatic carbocycles. The summed E-state index contributed by atoms with van der Waals surface area (Å²) in [6.07, 6.45) is 7.97. The van der Waals surface area contributed by atoms with E-state index in [1.807, 2.05) is 30.3 Å². The van der Waals surface area contributed by atoms with Crippen molar-refractivity contribution in [1.82, 2.24) is 4.90 Å². The van der Waals surface area contributed by atoms with Crippen LogP contribution in [0.15, 0.2) is 60.7 Å². The van der Waals surface area contributed by atoms with Crippen LogP contribution >= 0.6 is 0 Å². The molecule has 1 aliphatic carbocycles. The number of benzene rings is 2. The van der Waals surface area contributed by atoms with Gasteiger partial charge in [0.1, 0.15) is 5.75 Å². The molecule has 0 aromatic heterocycles. The van der Waals surface area contributed by atoms with E-state index in [1.54, 1.807) is 0 Å². The average molecular weight is 323 g/mol. The van der Waals surface area contributed by atoms with Gasteiger partial charge in [-0.2, -0.15) is 0 Å². The summed E-state index contributed by atoms with van der Waals surface area (Å²) in [4.78, 5) is 2.68. The average Bonchev–Trinajstić information content (AvgIpc) is 2.66. The van der Waals surface area contributed by atoms with E-state index < -0.39 is 0 Å². The minimum Gasteiger partial charge on any atom is -0.494 e. The topological polar surface area (TPSA) is 12.5 Å². The number of ether oxygens (including phenoxy) is 1. The molecule has 1 fully saturated rings. The molecule has 3 rings (SSSR count). The first-order chi connectivity index (χ1) is 11.9. The Morgan fingerprint density at radius 2 is 1.50 bits per heavy atom. The van der Waals surface area contributed by atoms with Crippen LogP contribution in [0.5, 0.6) is 5.75 Å². The Hall–Kier alpha value is -1.80. The van der Waals surface area contributed by atoms with Gasteiger partial charge in [0.2, 0.25) is 0 Å². The van der Waals surface area contributed by atoms with E-state index in [0.29, 0.717) is 0 Å². The Labute approximate surface area is 146 Å². The van der Waals surface area contributed by atoms with Crippen molar-refractivity contribution in [3.05, 3.63) is 66.2 Å². The molecule has 1 aliphatic rings. The number of hydrogen-bond donors (Lipinski definition) is 0. The Kier molecular flexibility index (Phi) is 6.73. The fraction of sp³-hybridized carbons (Fsp3) is 0.455. The fourth-order valence-electron chi connectivity index (χ4n) is 3.63. The largest absolute Gasteiger partial charge is 0.494 e. The van der Waals surface area contributed by atoms with Gasteiger partial charge in [-0.25, -0.2) is 0 Å². The first-order valence-corrected chi connectivity index (χ1v) is 9.37. The summed E-state index contributed by atoms with van der Waals surface area (Å²) in [6.45, 7) is 2.98. The Morgan fingerprint density at radius 1 is 0.833 bits per heavy atom. The highest BCUT2D eigenvalue weighted by Gasteiger charge is 2.20. The van der Waals surface area contributed by atoms with Crippen LogP contribution < -0.4 is 4.74 Å². The van der Waals surface area contributed by atoms with E-state index in [9.17, 15) is 0 Å². The second-order valence-corrected chi connectivity index (χ2v) is 6.76. The van der Waals surface area contributed by atoms with Crippen LogP contribution in [0.1, 0.15) is 44.1 Å². The zero-order chi connectivity index (χ0) is 16.5. The number of hydrogen-bond acceptors (Lipinski definition) is 2. The Morgan fingerprint density at radius 3 is 2.21 bits per heavy atom. The monoisotopic (exact) mass is 323 g/mol. The lowest BCUT2D eigenvalue weighted by Gasteiger charge is -2.34. The smallest absolute Gasteiger partial charge is 0.119 e. The van der Waals surface area contributed by atoms with Gasteiger partial charge in [0, 0.05) is 19.1 Å². The number of rotatable bonds is 8. The van der Waals surface area contributed by atoms with Crippen LogP contribution in [0.4, 0.5) is 0 Å². The van der Waals surface area contributed by atoms with Gasteiger partial charge in [0.15, 0.2) is 0 Å². The predicted octanol–water partition coefficient (Wildman–Crippen LogP) is 5.29. The van der Waals surface area contributed by atoms with Crippen molar-refractivity contribution in [2.75, 3.05) is 13.2 Å². The van der Waals surface area contributed by atoms with E-state index in [2.05, 4.69) is 35.2 Å². The molecule has 24 heavy (non-hydrogen) atoms. The molecular weight excluding hydrogens is 294 g/mol. The molecule has 0 bridgehead atoms. The third-order valence-electron chi connectivity index (χ3n) is 4.92. The maximum absolute atomic E-state index is 5.87. The van der Waals surface area contributed by atoms with Gasteiger partial charge in [-0.15, -0.1) is 0 Å². The zero-order valence-corrected chi connectivity index (χ0v) is 14.6. The maximum atomic E-state index is 5.87. The van der Waals surface area contributed by atoms with Crippen LogP contribution in [-0.2, 0) is 6.54 Å². The zero-order valence-electron chi connectivity index (χ0n) is 14.6. The molecule has 128 valence electrons. The van der Waals surface area contributed by atoms with Crippen molar-refractivity contribution in [3.8, 4) is 5.75 Å². The van der Waals surface area contributed by atoms with E-state index >= 15 is 0 Å². The normalized spacial score (nSPS) is 15.5. The van der Waals surface area contributed by atoms with E-state index in [4.69, 9.17) is 4.74 Å². The van der Waals surface area contributed by atoms with E-state index in [-0.39, 0.29) is 0 Å². The first-order valence-electron chi connectivity index (χ1n) is 9.37. The lowest BCUT2D eigenvalue weighted by Crippen LogP contribution is -2.37. The summed E-state index contributed by atoms with van der Waals surface area (Å²) >= 11 is 0. The summed E-state index contributed by atoms with van der Waals surface area (Å²) < 4.78 is 5.87. The van der Waals surface area contributed by atoms with Crippen LogP contribution in [0.3, 0.4) is 0 Å². The van der Waals surface area contributed by atoms with Gasteiger partial charge in [-0.1, -0.05) is 67.8 Å². The second kappa shape index (κ2) is 9.48. The molecule has 0 aliphatic heterocycles. The summed E-state index contributed by atoms with van der Waals surface area (Å²) in [5.74, 6) is 0.977. The molecule has 0 amide bonds. The highest BCUT2D eigenvalue weighted by Crippen LogP contribution is 2.24. The molecule has 0 atom stereocenters. The summed E-state index contributed by atoms with van der Waals surface area (Å²) in [5, 5.41) is 0. The molecule has 0 spiro atoms. The standard InChI is InChI=1S/C22H29NO/c1-4-11-20(12-5-1)19-23(21-13-6-2-7-14-21)17-10-18-24-22-15-8-3-9-16-22/h1,3-5,8-9,11-12,15-16,21H,2,6-7,10,13-14,17-19H2. The third-order valence-corrected chi connectivity index (χ3v) is 4.92. The summed E-state index contributed by atoms with van der Waals surface area (Å²) in [7, 11) is 0. The van der Waals surface area contributed by atoms with Crippen molar-refractivity contribution < 1.29 is 4.74 Å². The molecule has 1 saturated carbocycles. The van der Waals surface area contributed by atoms with Crippen LogP contribution in [0.25, 0.3) is 0 Å². The van der Waals surface area contributed by atoms with Gasteiger partial charge < -0.3 is 4.74 Å². The summed E-state index contributed by atoms with van der Waals surface area (Å²) in [5.41, 5.74) is 1.42. The molecular formula is C22H29NO. The van der Waals surface area contributed by atoms with Crippen molar-refractivity contribution >= 4 is 0 Å². The fourth-order valence-corrected chi connectivity index (χ4v) is 3.63. The number of nitrogens with zero attached hydrogens (tertiary/aromatic N) is 1. The third kappa shape index (κ3) is 5.38. The van der Waals surface area contributed by atoms with E-state index in [1.165, 1.54) is 37.7 Å². The minimum atomic E-state index is 0.746. The Balaban J connectivity index is 1.51. The van der Waals surface area contributed by atoms with Gasteiger partial charge in [0.25, 0.3) is 0 Å². The SMILES string of the molecule is c1ccc(CN(CCCOc2ccccc2)C2CCCCC2)cc1. The first kappa shape index (κ1) is 17.0. The predicted molar refractivity (Wildman–Crippen MR) is 100 cm³/mol. The molecule has 0 heterocycles. The van der Waals surface area contributed by atoms with Gasteiger partial charge in [-0.3, -0.25) is 4.90 Å². The Bertz CT molecular complexity index is 563. The summed E-state index contributed by atoms with van der Waals surface area (Å²) in [6, 6.07) is 21.8. The molecule has 2 heteroatoms. The molecule has 0 unspecified atom stereocenters. The van der Waals surface area contributed by atoms with Crippen molar-refractivity contribution in [1.29, 1.82) is 0 Å². The quantitative estimate of drug-likeness (QED) is 0.612. The van der Waals surface area contributed by atoms with Gasteiger partial charge in [-0.05, 0) is 37.0 Å². The molecule has 0 N–H and O–H groups in total. The maximum Gasteiger partial charge on any atom is 0.119 e. The molecule has 0 saturated heterocycles. The number of para-hydroxylation sites is 1. The lowest BCUT2D eigenvalue weighted by atomic mass is 9.93. The molecule has 2 nitrogen and oxygen atoms in total. The van der Waals surface area contributed by atoms with Crippen molar-refractivity contribution in [2.24, 2.45) is 0 Å². The highest BCUT2D eigenvalue weighted by atomic mass is 16.5. The minimum absolute atomic E-state index is 0.746. The van der Waals surface area contributed by atoms with Crippen LogP contribution in [0, 0.1) is 0 Å². The highest BCUT2D eigenvalue weighted by molar-refractivity contribution is 5.20. The van der Waals surface area contributed by atoms with Crippen LogP contribution in [-0.4, -0.2) is 24.1 Å². The van der Waals surface area contributed by atoms with Gasteiger partial charge >= 0.3 is 0 Å². The van der Waals surface area contributed by atoms with E-state index in [0.717, 1.165) is 37.9 Å². The van der Waals surface area contributed by atoms with Crippen molar-refractivity contribution in [3.63, 3.8) is 0 Å². The lowest BCUT2D eigenvalue weighted by molar-refractivity contribution is 0.137. The molecule has 2 aromatic rings.